The molecule has 1 amide bonds. The van der Waals surface area contributed by atoms with Gasteiger partial charge in [0.05, 0.1) is 69.1 Å². The van der Waals surface area contributed by atoms with Crippen LogP contribution in [0.15, 0.2) is 95.2 Å². The number of methoxy groups -OCH3 is 3. The van der Waals surface area contributed by atoms with Gasteiger partial charge in [-0.05, 0) is 84.8 Å². The molecule has 0 fully saturated rings. The quantitative estimate of drug-likeness (QED) is 0.0454. The second kappa shape index (κ2) is 19.6. The van der Waals surface area contributed by atoms with E-state index in [4.69, 9.17) is 33.7 Å². The van der Waals surface area contributed by atoms with E-state index in [-0.39, 0.29) is 18.0 Å². The Labute approximate surface area is 356 Å². The minimum absolute atomic E-state index is 0.0394. The molecule has 2 atom stereocenters. The van der Waals surface area contributed by atoms with E-state index in [1.54, 1.807) is 61.7 Å². The predicted octanol–water partition coefficient (Wildman–Crippen LogP) is 8.07. The van der Waals surface area contributed by atoms with E-state index >= 15 is 0 Å². The van der Waals surface area contributed by atoms with Gasteiger partial charge in [0.1, 0.15) is 0 Å². The zero-order valence-corrected chi connectivity index (χ0v) is 35.2. The van der Waals surface area contributed by atoms with Crippen LogP contribution in [0.3, 0.4) is 0 Å². The number of ether oxygens (including phenoxy) is 5. The maximum atomic E-state index is 13.8. The van der Waals surface area contributed by atoms with Gasteiger partial charge in [-0.3, -0.25) is 19.6 Å². The Morgan fingerprint density at radius 1 is 0.836 bits per heavy atom. The molecule has 1 N–H and O–H groups in total. The van der Waals surface area contributed by atoms with Crippen molar-refractivity contribution in [3.8, 4) is 23.0 Å². The number of rotatable bonds is 18. The average molecular weight is 826 g/mol. The first-order chi connectivity index (χ1) is 29.7. The smallest absolute Gasteiger partial charge is 0.337 e. The molecule has 4 aromatic carbocycles. The Morgan fingerprint density at radius 2 is 1.49 bits per heavy atom. The van der Waals surface area contributed by atoms with Crippen molar-refractivity contribution >= 4 is 53.1 Å². The summed E-state index contributed by atoms with van der Waals surface area (Å²) in [5.41, 5.74) is 7.86. The van der Waals surface area contributed by atoms with Crippen molar-refractivity contribution in [2.24, 2.45) is 9.98 Å². The molecule has 61 heavy (non-hydrogen) atoms. The Hall–Kier alpha value is -6.73. The molecule has 0 spiro atoms. The van der Waals surface area contributed by atoms with E-state index in [0.717, 1.165) is 49.7 Å². The number of amides is 1. The standard InChI is InChI=1S/C48H51N5O8/c1-49-25-31-9-11-32(12-10-31)35-19-38(52(2)28-35)26-50-41-23-45(43(57-3)21-37(41)30-54)60-17-7-6-8-18-61-46-24-42-40(22-44(46)58-4)47(55)53-29-36(20-39(53)27-51-42)33-13-15-34(16-14-33)48(56)59-5/h9-16,21-24,26-30,38-39,49H,6-8,17-20,25H2,1-5H3. The number of hydrogen-bond acceptors (Lipinski definition) is 12. The minimum Gasteiger partial charge on any atom is -0.493 e. The van der Waals surface area contributed by atoms with E-state index < -0.39 is 5.97 Å². The number of esters is 1. The molecule has 3 aliphatic rings. The zero-order chi connectivity index (χ0) is 42.9. The van der Waals surface area contributed by atoms with Crippen molar-refractivity contribution in [2.45, 2.75) is 50.7 Å². The molecule has 0 saturated heterocycles. The summed E-state index contributed by atoms with van der Waals surface area (Å²) in [6.07, 6.45) is 12.2. The fourth-order valence-electron chi connectivity index (χ4n) is 7.62. The number of aldehydes is 1. The highest BCUT2D eigenvalue weighted by Crippen LogP contribution is 2.40. The van der Waals surface area contributed by atoms with Gasteiger partial charge in [0.15, 0.2) is 29.3 Å². The molecule has 2 unspecified atom stereocenters. The first kappa shape index (κ1) is 42.4. The third kappa shape index (κ3) is 9.68. The fourth-order valence-corrected chi connectivity index (χ4v) is 7.62. The largest absolute Gasteiger partial charge is 0.493 e. The second-order valence-corrected chi connectivity index (χ2v) is 15.0. The van der Waals surface area contributed by atoms with E-state index in [1.807, 2.05) is 38.6 Å². The lowest BCUT2D eigenvalue weighted by molar-refractivity contribution is 0.0600. The van der Waals surface area contributed by atoms with Gasteiger partial charge in [0.2, 0.25) is 0 Å². The van der Waals surface area contributed by atoms with Gasteiger partial charge < -0.3 is 38.8 Å². The first-order valence-electron chi connectivity index (χ1n) is 20.3. The third-order valence-corrected chi connectivity index (χ3v) is 11.0. The molecule has 3 aliphatic heterocycles. The Morgan fingerprint density at radius 3 is 2.15 bits per heavy atom. The Bertz CT molecular complexity index is 2370. The molecule has 0 bridgehead atoms. The number of hydrogen-bond donors (Lipinski definition) is 1. The SMILES string of the molecule is CNCc1ccc(C2=CN(C)C(C=Nc3cc(OCCCCCOc4cc5c(cc4OC)C(=O)N4C=C(c6ccc(C(=O)OC)cc6)CC4C=N5)c(OC)cc3C=O)C2)cc1. The van der Waals surface area contributed by atoms with Gasteiger partial charge in [0.25, 0.3) is 5.91 Å². The normalized spacial score (nSPS) is 16.8. The molecule has 4 aromatic rings. The summed E-state index contributed by atoms with van der Waals surface area (Å²) in [5, 5.41) is 3.18. The summed E-state index contributed by atoms with van der Waals surface area (Å²) in [6.45, 7) is 1.68. The topological polar surface area (TPSA) is 141 Å². The highest BCUT2D eigenvalue weighted by Gasteiger charge is 2.33. The molecule has 0 aromatic heterocycles. The molecule has 3 heterocycles. The molecule has 0 radical (unpaired) electrons. The van der Waals surface area contributed by atoms with Crippen LogP contribution in [0.1, 0.15) is 79.9 Å². The van der Waals surface area contributed by atoms with E-state index in [2.05, 4.69) is 40.7 Å². The zero-order valence-electron chi connectivity index (χ0n) is 35.2. The summed E-state index contributed by atoms with van der Waals surface area (Å²) in [7, 11) is 8.42. The molecule has 316 valence electrons. The molecule has 13 nitrogen and oxygen atoms in total. The van der Waals surface area contributed by atoms with Gasteiger partial charge >= 0.3 is 5.97 Å². The number of carbonyl (C=O) groups excluding carboxylic acids is 3. The van der Waals surface area contributed by atoms with Crippen LogP contribution in [-0.2, 0) is 11.3 Å². The van der Waals surface area contributed by atoms with Gasteiger partial charge in [-0.25, -0.2) is 4.79 Å². The predicted molar refractivity (Wildman–Crippen MR) is 236 cm³/mol. The summed E-state index contributed by atoms with van der Waals surface area (Å²) < 4.78 is 28.3. The van der Waals surface area contributed by atoms with Crippen molar-refractivity contribution in [3.05, 3.63) is 119 Å². The van der Waals surface area contributed by atoms with E-state index in [1.165, 1.54) is 23.8 Å². The lowest BCUT2D eigenvalue weighted by Crippen LogP contribution is -2.32. The van der Waals surface area contributed by atoms with Crippen molar-refractivity contribution < 1.29 is 38.1 Å². The lowest BCUT2D eigenvalue weighted by Gasteiger charge is -2.19. The van der Waals surface area contributed by atoms with E-state index in [0.29, 0.717) is 70.7 Å². The van der Waals surface area contributed by atoms with Crippen LogP contribution in [0.2, 0.25) is 0 Å². The van der Waals surface area contributed by atoms with E-state index in [9.17, 15) is 14.4 Å². The summed E-state index contributed by atoms with van der Waals surface area (Å²) >= 11 is 0. The highest BCUT2D eigenvalue weighted by molar-refractivity contribution is 6.05. The Kier molecular flexibility index (Phi) is 13.6. The average Bonchev–Trinajstić information content (AvgIpc) is 3.87. The van der Waals surface area contributed by atoms with Crippen LogP contribution in [0.5, 0.6) is 23.0 Å². The number of fused-ring (bicyclic) bond motifs is 2. The Balaban J connectivity index is 0.910. The van der Waals surface area contributed by atoms with Crippen LogP contribution in [0, 0.1) is 0 Å². The first-order valence-corrected chi connectivity index (χ1v) is 20.3. The lowest BCUT2D eigenvalue weighted by atomic mass is 10.0. The van der Waals surface area contributed by atoms with Gasteiger partial charge in [0, 0.05) is 62.5 Å². The number of aliphatic imine (C=N–C) groups is 2. The van der Waals surface area contributed by atoms with Gasteiger partial charge in [-0.2, -0.15) is 0 Å². The van der Waals surface area contributed by atoms with Crippen LogP contribution >= 0.6 is 0 Å². The number of nitrogens with zero attached hydrogens (tertiary/aromatic N) is 4. The molecule has 0 saturated carbocycles. The monoisotopic (exact) mass is 825 g/mol. The van der Waals surface area contributed by atoms with Crippen molar-refractivity contribution in [1.82, 2.24) is 15.1 Å². The fraction of sp³-hybridized carbons (Fsp3) is 0.312. The number of carbonyl (C=O) groups is 3. The van der Waals surface area contributed by atoms with Crippen LogP contribution in [0.4, 0.5) is 11.4 Å². The molecule has 7 rings (SSSR count). The van der Waals surface area contributed by atoms with Crippen molar-refractivity contribution in [2.75, 3.05) is 48.6 Å². The van der Waals surface area contributed by atoms with Crippen molar-refractivity contribution in [1.29, 1.82) is 0 Å². The molecular formula is C48H51N5O8. The van der Waals surface area contributed by atoms with Crippen molar-refractivity contribution in [3.63, 3.8) is 0 Å². The summed E-state index contributed by atoms with van der Waals surface area (Å²) in [4.78, 5) is 51.0. The molecule has 13 heteroatoms. The number of nitrogens with one attached hydrogen (secondary N) is 1. The number of benzene rings is 4. The maximum Gasteiger partial charge on any atom is 0.337 e. The second-order valence-electron chi connectivity index (χ2n) is 15.0. The van der Waals surface area contributed by atoms with Crippen LogP contribution < -0.4 is 24.3 Å². The molecular weight excluding hydrogens is 775 g/mol. The van der Waals surface area contributed by atoms with Crippen LogP contribution in [0.25, 0.3) is 11.1 Å². The summed E-state index contributed by atoms with van der Waals surface area (Å²) in [6, 6.07) is 22.4. The number of unbranched alkanes of at least 4 members (excludes halogenated alkanes) is 2. The van der Waals surface area contributed by atoms with Gasteiger partial charge in [-0.15, -0.1) is 0 Å². The summed E-state index contributed by atoms with van der Waals surface area (Å²) in [5.74, 6) is 1.35. The third-order valence-electron chi connectivity index (χ3n) is 11.0. The minimum atomic E-state index is -0.400. The maximum absolute atomic E-state index is 13.8. The van der Waals surface area contributed by atoms with Crippen LogP contribution in [-0.4, -0.2) is 101 Å². The highest BCUT2D eigenvalue weighted by atomic mass is 16.5. The van der Waals surface area contributed by atoms with Gasteiger partial charge in [-0.1, -0.05) is 36.4 Å². The molecule has 0 aliphatic carbocycles.